The van der Waals surface area contributed by atoms with Gasteiger partial charge in [-0.05, 0) is 64.2 Å². The third-order valence-corrected chi connectivity index (χ3v) is 12.0. The first-order valence-electron chi connectivity index (χ1n) is 21.0. The second-order valence-corrected chi connectivity index (χ2v) is 15.6. The molecule has 12 aromatic rings. The molecule has 0 fully saturated rings. The van der Waals surface area contributed by atoms with E-state index in [0.29, 0.717) is 17.6 Å². The van der Waals surface area contributed by atoms with Crippen LogP contribution >= 0.6 is 0 Å². The van der Waals surface area contributed by atoms with Gasteiger partial charge in [0.1, 0.15) is 0 Å². The minimum Gasteiger partial charge on any atom is -0.309 e. The number of nitrogens with zero attached hydrogens (tertiary/aromatic N) is 5. The van der Waals surface area contributed by atoms with Gasteiger partial charge in [0.25, 0.3) is 0 Å². The van der Waals surface area contributed by atoms with Crippen LogP contribution in [0.25, 0.3) is 111 Å². The van der Waals surface area contributed by atoms with E-state index in [0.717, 1.165) is 60.8 Å². The molecule has 0 aliphatic carbocycles. The Balaban J connectivity index is 1.14. The van der Waals surface area contributed by atoms with Crippen LogP contribution in [0.5, 0.6) is 0 Å². The fraction of sp³-hybridized carbons (Fsp3) is 0. The molecule has 0 radical (unpaired) electrons. The zero-order valence-electron chi connectivity index (χ0n) is 33.6. The summed E-state index contributed by atoms with van der Waals surface area (Å²) in [6.07, 6.45) is 0. The summed E-state index contributed by atoms with van der Waals surface area (Å²) in [5.41, 5.74) is 14.3. The summed E-state index contributed by atoms with van der Waals surface area (Å²) in [7, 11) is 0. The van der Waals surface area contributed by atoms with Gasteiger partial charge in [-0.15, -0.1) is 0 Å². The topological polar surface area (TPSA) is 48.5 Å². The van der Waals surface area contributed by atoms with Gasteiger partial charge < -0.3 is 4.57 Å². The van der Waals surface area contributed by atoms with E-state index in [4.69, 9.17) is 15.0 Å². The molecule has 0 saturated heterocycles. The summed E-state index contributed by atoms with van der Waals surface area (Å²) in [5, 5.41) is 4.65. The molecule has 0 aliphatic rings. The molecule has 0 saturated carbocycles. The number of benzene rings is 9. The molecule has 0 unspecified atom stereocenters. The number of fused-ring (bicyclic) bond motifs is 7. The molecule has 0 amide bonds. The first kappa shape index (κ1) is 35.5. The Kier molecular flexibility index (Phi) is 8.42. The van der Waals surface area contributed by atoms with Crippen molar-refractivity contribution in [3.05, 3.63) is 224 Å². The smallest absolute Gasteiger partial charge is 0.238 e. The Bertz CT molecular complexity index is 3610. The molecule has 5 nitrogen and oxygen atoms in total. The molecule has 3 aromatic heterocycles. The van der Waals surface area contributed by atoms with Crippen molar-refractivity contribution in [1.29, 1.82) is 0 Å². The first-order chi connectivity index (χ1) is 30.8. The monoisotopic (exact) mass is 791 g/mol. The fourth-order valence-electron chi connectivity index (χ4n) is 9.26. The Labute approximate surface area is 358 Å². The van der Waals surface area contributed by atoms with Crippen molar-refractivity contribution in [1.82, 2.24) is 24.1 Å². The van der Waals surface area contributed by atoms with Gasteiger partial charge in [-0.25, -0.2) is 4.98 Å². The summed E-state index contributed by atoms with van der Waals surface area (Å²) in [4.78, 5) is 15.7. The van der Waals surface area contributed by atoms with Crippen LogP contribution in [0.1, 0.15) is 0 Å². The van der Waals surface area contributed by atoms with Crippen LogP contribution in [0.3, 0.4) is 0 Å². The standard InChI is InChI=1S/C57H37N5/c1-5-19-38(20-6-1)42-27-17-28-43(37-42)56-58-55(41-25-11-4-12-26-41)59-57(60-56)62-48-33-16-14-30-46(48)54-51(62)36-35-50-53(54)45-29-13-15-32-47(45)61(50)49-34-18-31-44(39-21-7-2-8-22-39)52(49)40-23-9-3-10-24-40/h1-37H. The maximum absolute atomic E-state index is 5.32. The maximum Gasteiger partial charge on any atom is 0.238 e. The van der Waals surface area contributed by atoms with Gasteiger partial charge in [0.2, 0.25) is 5.95 Å². The van der Waals surface area contributed by atoms with Gasteiger partial charge >= 0.3 is 0 Å². The number of rotatable bonds is 7. The minimum atomic E-state index is 0.565. The molecule has 5 heteroatoms. The highest BCUT2D eigenvalue weighted by Gasteiger charge is 2.24. The Morgan fingerprint density at radius 1 is 0.290 bits per heavy atom. The highest BCUT2D eigenvalue weighted by atomic mass is 15.2. The average molecular weight is 792 g/mol. The molecule has 0 N–H and O–H groups in total. The molecule has 290 valence electrons. The van der Waals surface area contributed by atoms with E-state index >= 15 is 0 Å². The lowest BCUT2D eigenvalue weighted by molar-refractivity contribution is 0.953. The number of para-hydroxylation sites is 2. The van der Waals surface area contributed by atoms with Crippen LogP contribution in [-0.4, -0.2) is 24.1 Å². The molecule has 9 aromatic carbocycles. The molecule has 12 rings (SSSR count). The normalized spacial score (nSPS) is 11.5. The zero-order valence-corrected chi connectivity index (χ0v) is 33.6. The van der Waals surface area contributed by atoms with Crippen molar-refractivity contribution in [2.75, 3.05) is 0 Å². The van der Waals surface area contributed by atoms with Crippen LogP contribution < -0.4 is 0 Å². The summed E-state index contributed by atoms with van der Waals surface area (Å²) in [6.45, 7) is 0. The largest absolute Gasteiger partial charge is 0.309 e. The zero-order chi connectivity index (χ0) is 41.0. The third kappa shape index (κ3) is 5.82. The molecule has 3 heterocycles. The van der Waals surface area contributed by atoms with Crippen molar-refractivity contribution < 1.29 is 0 Å². The summed E-state index contributed by atoms with van der Waals surface area (Å²) < 4.78 is 4.68. The lowest BCUT2D eigenvalue weighted by Gasteiger charge is -2.18. The first-order valence-corrected chi connectivity index (χ1v) is 21.0. The van der Waals surface area contributed by atoms with Crippen LogP contribution in [0, 0.1) is 0 Å². The SMILES string of the molecule is c1ccc(-c2cccc(-c3nc(-c4ccccc4)nc(-n4c5ccccc5c5c6c7ccccc7n(-c7cccc(-c8ccccc8)c7-c7ccccc7)c6ccc54)n3)c2)cc1. The summed E-state index contributed by atoms with van der Waals surface area (Å²) in [6, 6.07) is 79.2. The van der Waals surface area contributed by atoms with Crippen LogP contribution in [-0.2, 0) is 0 Å². The molecule has 0 atom stereocenters. The Morgan fingerprint density at radius 3 is 1.40 bits per heavy atom. The lowest BCUT2D eigenvalue weighted by atomic mass is 9.93. The van der Waals surface area contributed by atoms with E-state index in [1.165, 1.54) is 33.0 Å². The van der Waals surface area contributed by atoms with Crippen molar-refractivity contribution in [3.63, 3.8) is 0 Å². The summed E-state index contributed by atoms with van der Waals surface area (Å²) in [5.74, 6) is 1.79. The number of aromatic nitrogens is 5. The van der Waals surface area contributed by atoms with Gasteiger partial charge in [-0.1, -0.05) is 188 Å². The second-order valence-electron chi connectivity index (χ2n) is 15.6. The van der Waals surface area contributed by atoms with E-state index in [1.54, 1.807) is 0 Å². The van der Waals surface area contributed by atoms with Gasteiger partial charge in [0.15, 0.2) is 11.6 Å². The van der Waals surface area contributed by atoms with Gasteiger partial charge in [-0.3, -0.25) is 4.57 Å². The van der Waals surface area contributed by atoms with Gasteiger partial charge in [0.05, 0.1) is 27.8 Å². The molecule has 0 spiro atoms. The number of hydrogen-bond donors (Lipinski definition) is 0. The van der Waals surface area contributed by atoms with Crippen LogP contribution in [0.15, 0.2) is 224 Å². The average Bonchev–Trinajstić information content (AvgIpc) is 3.87. The van der Waals surface area contributed by atoms with E-state index in [2.05, 4.69) is 209 Å². The van der Waals surface area contributed by atoms with E-state index < -0.39 is 0 Å². The predicted octanol–water partition coefficient (Wildman–Crippen LogP) is 14.4. The highest BCUT2D eigenvalue weighted by Crippen LogP contribution is 2.45. The quantitative estimate of drug-likeness (QED) is 0.162. The van der Waals surface area contributed by atoms with Crippen LogP contribution in [0.4, 0.5) is 0 Å². The van der Waals surface area contributed by atoms with Crippen LogP contribution in [0.2, 0.25) is 0 Å². The van der Waals surface area contributed by atoms with Gasteiger partial charge in [0, 0.05) is 38.2 Å². The highest BCUT2D eigenvalue weighted by molar-refractivity contribution is 6.29. The maximum atomic E-state index is 5.32. The van der Waals surface area contributed by atoms with E-state index in [-0.39, 0.29) is 0 Å². The minimum absolute atomic E-state index is 0.565. The van der Waals surface area contributed by atoms with Crippen molar-refractivity contribution in [2.24, 2.45) is 0 Å². The molecule has 0 bridgehead atoms. The fourth-order valence-corrected chi connectivity index (χ4v) is 9.26. The molecule has 0 aliphatic heterocycles. The van der Waals surface area contributed by atoms with E-state index in [9.17, 15) is 0 Å². The predicted molar refractivity (Wildman–Crippen MR) is 256 cm³/mol. The van der Waals surface area contributed by atoms with Crippen molar-refractivity contribution in [3.8, 4) is 67.8 Å². The van der Waals surface area contributed by atoms with Crippen molar-refractivity contribution in [2.45, 2.75) is 0 Å². The van der Waals surface area contributed by atoms with Crippen molar-refractivity contribution >= 4 is 43.6 Å². The Hall–Kier alpha value is -8.41. The Morgan fingerprint density at radius 2 is 0.758 bits per heavy atom. The second kappa shape index (κ2) is 14.7. The lowest BCUT2D eigenvalue weighted by Crippen LogP contribution is -2.06. The molecular formula is C57H37N5. The number of hydrogen-bond acceptors (Lipinski definition) is 3. The molecule has 62 heavy (non-hydrogen) atoms. The summed E-state index contributed by atoms with van der Waals surface area (Å²) >= 11 is 0. The molecular weight excluding hydrogens is 755 g/mol. The van der Waals surface area contributed by atoms with Gasteiger partial charge in [-0.2, -0.15) is 9.97 Å². The van der Waals surface area contributed by atoms with E-state index in [1.807, 2.05) is 24.3 Å². The third-order valence-electron chi connectivity index (χ3n) is 12.0.